The van der Waals surface area contributed by atoms with Crippen molar-refractivity contribution in [2.75, 3.05) is 39.6 Å². The van der Waals surface area contributed by atoms with Crippen molar-refractivity contribution in [2.45, 2.75) is 103 Å². The summed E-state index contributed by atoms with van der Waals surface area (Å²) in [5.74, 6) is 0.813. The first-order chi connectivity index (χ1) is 16.7. The summed E-state index contributed by atoms with van der Waals surface area (Å²) in [6.07, 6.45) is 17.4. The summed E-state index contributed by atoms with van der Waals surface area (Å²) in [7, 11) is 0. The highest BCUT2D eigenvalue weighted by Crippen LogP contribution is 2.12. The van der Waals surface area contributed by atoms with E-state index in [0.717, 1.165) is 18.8 Å². The minimum atomic E-state index is -0.00926. The smallest absolute Gasteiger partial charge is 0.147 e. The van der Waals surface area contributed by atoms with Crippen molar-refractivity contribution < 1.29 is 19.4 Å². The summed E-state index contributed by atoms with van der Waals surface area (Å²) in [6, 6.07) is 9.68. The van der Waals surface area contributed by atoms with Gasteiger partial charge in [0.15, 0.2) is 0 Å². The fourth-order valence-electron chi connectivity index (χ4n) is 3.23. The molecule has 200 valence electrons. The van der Waals surface area contributed by atoms with E-state index in [0.29, 0.717) is 26.4 Å². The third kappa shape index (κ3) is 25.4. The second kappa shape index (κ2) is 28.1. The van der Waals surface area contributed by atoms with Gasteiger partial charge in [0.1, 0.15) is 5.75 Å². The van der Waals surface area contributed by atoms with E-state index in [1.54, 1.807) is 0 Å². The maximum atomic E-state index is 8.21. The van der Waals surface area contributed by atoms with Gasteiger partial charge in [-0.05, 0) is 25.0 Å². The number of hydrogen-bond donors (Lipinski definition) is 3. The first-order valence-electron chi connectivity index (χ1n) is 13.7. The van der Waals surface area contributed by atoms with Crippen molar-refractivity contribution in [3.63, 3.8) is 0 Å². The van der Waals surface area contributed by atoms with Gasteiger partial charge in [-0.15, -0.1) is 0 Å². The minimum absolute atomic E-state index is 0.00926. The molecule has 0 heterocycles. The molecular formula is C28H54N2O4. The van der Waals surface area contributed by atoms with Gasteiger partial charge in [-0.1, -0.05) is 103 Å². The number of rotatable bonds is 23. The Morgan fingerprint density at radius 2 is 1.26 bits per heavy atom. The van der Waals surface area contributed by atoms with Crippen molar-refractivity contribution in [3.8, 4) is 5.75 Å². The fourth-order valence-corrected chi connectivity index (χ4v) is 3.23. The predicted molar refractivity (Wildman–Crippen MR) is 143 cm³/mol. The van der Waals surface area contributed by atoms with Crippen LogP contribution in [0.15, 0.2) is 30.3 Å². The van der Waals surface area contributed by atoms with Gasteiger partial charge < -0.3 is 25.2 Å². The summed E-state index contributed by atoms with van der Waals surface area (Å²) in [4.78, 5) is 5.38. The molecule has 1 rings (SSSR count). The molecule has 0 saturated carbocycles. The van der Waals surface area contributed by atoms with Crippen LogP contribution in [0.25, 0.3) is 0 Å². The zero-order chi connectivity index (χ0) is 25.0. The highest BCUT2D eigenvalue weighted by molar-refractivity contribution is 5.20. The zero-order valence-electron chi connectivity index (χ0n) is 22.1. The molecule has 0 saturated heterocycles. The third-order valence-corrected chi connectivity index (χ3v) is 5.55. The third-order valence-electron chi connectivity index (χ3n) is 5.55. The summed E-state index contributed by atoms with van der Waals surface area (Å²) in [6.45, 7) is 7.79. The molecule has 1 unspecified atom stereocenters. The van der Waals surface area contributed by atoms with E-state index in [2.05, 4.69) is 12.4 Å². The molecule has 4 N–H and O–H groups in total. The van der Waals surface area contributed by atoms with Crippen LogP contribution in [0.4, 0.5) is 0 Å². The molecule has 6 heteroatoms. The normalized spacial score (nSPS) is 11.6. The zero-order valence-corrected chi connectivity index (χ0v) is 22.1. The Bertz CT molecular complexity index is 487. The van der Waals surface area contributed by atoms with E-state index in [4.69, 9.17) is 25.2 Å². The molecule has 0 spiro atoms. The maximum Gasteiger partial charge on any atom is 0.147 e. The minimum Gasteiger partial charge on any atom is -0.409 e. The number of aliphatic hydroxyl groups is 1. The van der Waals surface area contributed by atoms with Crippen LogP contribution < -0.4 is 16.1 Å². The van der Waals surface area contributed by atoms with Crippen molar-refractivity contribution in [3.05, 3.63) is 30.3 Å². The average molecular weight is 483 g/mol. The molecule has 0 radical (unpaired) electrons. The van der Waals surface area contributed by atoms with E-state index >= 15 is 0 Å². The first kappa shape index (κ1) is 32.8. The Labute approximate surface area is 209 Å². The lowest BCUT2D eigenvalue weighted by Crippen LogP contribution is -2.24. The standard InChI is InChI=1S/C24H43NO3.C4H11NO/c1-2-3-4-5-6-7-8-9-10-11-12-16-20-26-22-23-27-21-19-25-28-24-17-14-13-15-18-24;1-2-4(5)3-6/h13-15,17-18,25H,2-12,16,19-23H2,1H3;4,6H,2-3,5H2,1H3. The number of ether oxygens (including phenoxy) is 2. The lowest BCUT2D eigenvalue weighted by molar-refractivity contribution is 0.0389. The van der Waals surface area contributed by atoms with Crippen LogP contribution in [-0.2, 0) is 9.47 Å². The van der Waals surface area contributed by atoms with Gasteiger partial charge >= 0.3 is 0 Å². The van der Waals surface area contributed by atoms with Crippen LogP contribution in [0, 0.1) is 0 Å². The number of hydrogen-bond acceptors (Lipinski definition) is 6. The molecular weight excluding hydrogens is 428 g/mol. The first-order valence-corrected chi connectivity index (χ1v) is 13.7. The molecule has 0 bridgehead atoms. The monoisotopic (exact) mass is 482 g/mol. The van der Waals surface area contributed by atoms with Crippen molar-refractivity contribution >= 4 is 0 Å². The number of nitrogens with one attached hydrogen (secondary N) is 1. The van der Waals surface area contributed by atoms with E-state index in [1.807, 2.05) is 37.3 Å². The molecule has 1 aromatic rings. The summed E-state index contributed by atoms with van der Waals surface area (Å²) >= 11 is 0. The Morgan fingerprint density at radius 3 is 1.76 bits per heavy atom. The van der Waals surface area contributed by atoms with Crippen LogP contribution in [0.1, 0.15) is 97.3 Å². The Morgan fingerprint density at radius 1 is 0.735 bits per heavy atom. The second-order valence-corrected chi connectivity index (χ2v) is 8.77. The number of hydroxylamine groups is 1. The molecule has 0 aromatic heterocycles. The molecule has 0 amide bonds. The molecule has 0 aliphatic rings. The number of nitrogens with two attached hydrogens (primary N) is 1. The van der Waals surface area contributed by atoms with Crippen molar-refractivity contribution in [2.24, 2.45) is 5.73 Å². The maximum absolute atomic E-state index is 8.21. The molecule has 0 aliphatic carbocycles. The number of benzene rings is 1. The number of para-hydroxylation sites is 1. The van der Waals surface area contributed by atoms with E-state index in [-0.39, 0.29) is 12.6 Å². The average Bonchev–Trinajstić information content (AvgIpc) is 2.88. The molecule has 1 aromatic carbocycles. The van der Waals surface area contributed by atoms with Crippen molar-refractivity contribution in [1.82, 2.24) is 5.48 Å². The van der Waals surface area contributed by atoms with Gasteiger partial charge in [0.05, 0.1) is 33.0 Å². The van der Waals surface area contributed by atoms with Gasteiger partial charge in [0, 0.05) is 12.6 Å². The van der Waals surface area contributed by atoms with Crippen LogP contribution in [0.5, 0.6) is 5.75 Å². The lowest BCUT2D eigenvalue weighted by Gasteiger charge is -2.08. The highest BCUT2D eigenvalue weighted by Gasteiger charge is 1.95. The summed E-state index contributed by atoms with van der Waals surface area (Å²) < 4.78 is 11.1. The molecule has 6 nitrogen and oxygen atoms in total. The SMILES string of the molecule is CCC(N)CO.CCCCCCCCCCCCCCOCCOCCNOc1ccccc1. The second-order valence-electron chi connectivity index (χ2n) is 8.77. The van der Waals surface area contributed by atoms with Gasteiger partial charge in [-0.2, -0.15) is 5.48 Å². The molecule has 34 heavy (non-hydrogen) atoms. The molecule has 0 fully saturated rings. The Balaban J connectivity index is 0.00000160. The van der Waals surface area contributed by atoms with E-state index in [9.17, 15) is 0 Å². The van der Waals surface area contributed by atoms with Gasteiger partial charge in [0.2, 0.25) is 0 Å². The Kier molecular flexibility index (Phi) is 27.1. The fraction of sp³-hybridized carbons (Fsp3) is 0.786. The largest absolute Gasteiger partial charge is 0.409 e. The van der Waals surface area contributed by atoms with Crippen molar-refractivity contribution in [1.29, 1.82) is 0 Å². The van der Waals surface area contributed by atoms with Crippen LogP contribution in [0.3, 0.4) is 0 Å². The topological polar surface area (TPSA) is 86.0 Å². The van der Waals surface area contributed by atoms with Crippen LogP contribution >= 0.6 is 0 Å². The lowest BCUT2D eigenvalue weighted by atomic mass is 10.1. The molecule has 0 aliphatic heterocycles. The number of unbranched alkanes of at least 4 members (excludes halogenated alkanes) is 11. The Hall–Kier alpha value is -1.18. The van der Waals surface area contributed by atoms with Crippen LogP contribution in [0.2, 0.25) is 0 Å². The highest BCUT2D eigenvalue weighted by atomic mass is 16.6. The quantitative estimate of drug-likeness (QED) is 0.131. The van der Waals surface area contributed by atoms with E-state index in [1.165, 1.54) is 77.0 Å². The van der Waals surface area contributed by atoms with E-state index < -0.39 is 0 Å². The van der Waals surface area contributed by atoms with Gasteiger partial charge in [0.25, 0.3) is 0 Å². The predicted octanol–water partition coefficient (Wildman–Crippen LogP) is 6.02. The molecule has 1 atom stereocenters. The summed E-state index contributed by atoms with van der Waals surface area (Å²) in [5, 5.41) is 8.21. The summed E-state index contributed by atoms with van der Waals surface area (Å²) in [5.41, 5.74) is 8.11. The van der Waals surface area contributed by atoms with Gasteiger partial charge in [-0.25, -0.2) is 0 Å². The number of aliphatic hydroxyl groups excluding tert-OH is 1. The van der Waals surface area contributed by atoms with Gasteiger partial charge in [-0.3, -0.25) is 0 Å². The van der Waals surface area contributed by atoms with Crippen LogP contribution in [-0.4, -0.2) is 50.7 Å².